The van der Waals surface area contributed by atoms with Crippen LogP contribution in [0.5, 0.6) is 0 Å². The first-order valence-electron chi connectivity index (χ1n) is 11.0. The highest BCUT2D eigenvalue weighted by molar-refractivity contribution is 5.72. The fourth-order valence-electron chi connectivity index (χ4n) is 8.23. The highest BCUT2D eigenvalue weighted by Gasteiger charge is 2.68. The van der Waals surface area contributed by atoms with E-state index in [1.807, 2.05) is 0 Å². The van der Waals surface area contributed by atoms with Crippen molar-refractivity contribution in [1.82, 2.24) is 0 Å². The van der Waals surface area contributed by atoms with E-state index in [1.165, 1.54) is 18.9 Å². The minimum Gasteiger partial charge on any atom is -0.505 e. The molecular weight excluding hydrogens is 352 g/mol. The molecule has 0 unspecified atom stereocenters. The molecule has 8 atom stereocenters. The Balaban J connectivity index is 1.46. The number of fused-ring (bicyclic) bond motifs is 7. The molecule has 28 heavy (non-hydrogen) atoms. The molecule has 4 nitrogen and oxygen atoms in total. The number of esters is 1. The Kier molecular flexibility index (Phi) is 3.93. The van der Waals surface area contributed by atoms with E-state index in [4.69, 9.17) is 4.74 Å². The van der Waals surface area contributed by atoms with Gasteiger partial charge in [-0.25, -0.2) is 0 Å². The molecular formula is C24H32O4. The van der Waals surface area contributed by atoms with E-state index in [0.29, 0.717) is 35.9 Å². The molecule has 4 heteroatoms. The van der Waals surface area contributed by atoms with Crippen molar-refractivity contribution in [3.63, 3.8) is 0 Å². The van der Waals surface area contributed by atoms with Crippen molar-refractivity contribution in [3.05, 3.63) is 23.0 Å². The third-order valence-electron chi connectivity index (χ3n) is 9.32. The van der Waals surface area contributed by atoms with Gasteiger partial charge in [-0.05, 0) is 84.5 Å². The molecule has 5 aliphatic rings. The predicted molar refractivity (Wildman–Crippen MR) is 105 cm³/mol. The summed E-state index contributed by atoms with van der Waals surface area (Å²) in [5, 5.41) is 10.4. The Bertz CT molecular complexity index is 794. The number of aliphatic hydroxyl groups is 1. The second kappa shape index (κ2) is 5.96. The molecule has 0 amide bonds. The first-order chi connectivity index (χ1) is 13.3. The third kappa shape index (κ3) is 2.35. The minimum absolute atomic E-state index is 0.00358. The Morgan fingerprint density at radius 1 is 1.21 bits per heavy atom. The lowest BCUT2D eigenvalue weighted by Crippen LogP contribution is -2.50. The number of ether oxygens (including phenoxy) is 1. The van der Waals surface area contributed by atoms with Crippen LogP contribution in [0.3, 0.4) is 0 Å². The van der Waals surface area contributed by atoms with Crippen LogP contribution in [0.2, 0.25) is 0 Å². The van der Waals surface area contributed by atoms with Crippen molar-refractivity contribution in [3.8, 4) is 0 Å². The molecule has 1 N–H and O–H groups in total. The molecule has 0 aromatic carbocycles. The molecule has 0 bridgehead atoms. The second-order valence-corrected chi connectivity index (χ2v) is 10.5. The average Bonchev–Trinajstić information content (AvgIpc) is 3.35. The predicted octanol–water partition coefficient (Wildman–Crippen LogP) is 4.75. The van der Waals surface area contributed by atoms with E-state index in [-0.39, 0.29) is 28.7 Å². The van der Waals surface area contributed by atoms with Gasteiger partial charge in [-0.15, -0.1) is 0 Å². The lowest BCUT2D eigenvalue weighted by molar-refractivity contribution is -0.148. The van der Waals surface area contributed by atoms with E-state index in [9.17, 15) is 14.7 Å². The summed E-state index contributed by atoms with van der Waals surface area (Å²) < 4.78 is 5.54. The summed E-state index contributed by atoms with van der Waals surface area (Å²) in [6.07, 6.45) is 10.6. The van der Waals surface area contributed by atoms with Crippen LogP contribution >= 0.6 is 0 Å². The Labute approximate surface area is 167 Å². The van der Waals surface area contributed by atoms with Gasteiger partial charge in [-0.1, -0.05) is 25.5 Å². The summed E-state index contributed by atoms with van der Waals surface area (Å²) in [7, 11) is 0. The first kappa shape index (κ1) is 18.4. The Hall–Kier alpha value is -1.58. The fourth-order valence-corrected chi connectivity index (χ4v) is 8.23. The van der Waals surface area contributed by atoms with Gasteiger partial charge < -0.3 is 9.84 Å². The van der Waals surface area contributed by atoms with Gasteiger partial charge in [0.15, 0.2) is 12.0 Å². The molecule has 0 aromatic rings. The van der Waals surface area contributed by atoms with Crippen molar-refractivity contribution in [2.75, 3.05) is 0 Å². The van der Waals surface area contributed by atoms with Crippen LogP contribution in [-0.4, -0.2) is 23.5 Å². The van der Waals surface area contributed by atoms with Crippen LogP contribution in [0.1, 0.15) is 65.7 Å². The van der Waals surface area contributed by atoms with Gasteiger partial charge in [0, 0.05) is 13.3 Å². The number of rotatable bonds is 2. The second-order valence-electron chi connectivity index (χ2n) is 10.5. The maximum absolute atomic E-state index is 11.4. The van der Waals surface area contributed by atoms with Gasteiger partial charge in [0.25, 0.3) is 0 Å². The van der Waals surface area contributed by atoms with Crippen molar-refractivity contribution >= 4 is 12.3 Å². The maximum atomic E-state index is 11.4. The molecule has 0 heterocycles. The highest BCUT2D eigenvalue weighted by atomic mass is 16.5. The molecule has 152 valence electrons. The Morgan fingerprint density at radius 3 is 2.68 bits per heavy atom. The van der Waals surface area contributed by atoms with Gasteiger partial charge in [0.05, 0.1) is 0 Å². The molecule has 0 spiro atoms. The summed E-state index contributed by atoms with van der Waals surface area (Å²) >= 11 is 0. The maximum Gasteiger partial charge on any atom is 0.302 e. The van der Waals surface area contributed by atoms with Crippen LogP contribution < -0.4 is 0 Å². The number of carbonyl (C=O) groups excluding carboxylic acids is 2. The zero-order chi connectivity index (χ0) is 19.8. The number of hydrogen-bond acceptors (Lipinski definition) is 4. The summed E-state index contributed by atoms with van der Waals surface area (Å²) in [4.78, 5) is 22.7. The lowest BCUT2D eigenvalue weighted by atomic mass is 9.47. The quantitative estimate of drug-likeness (QED) is 0.245. The monoisotopic (exact) mass is 384 g/mol. The zero-order valence-electron chi connectivity index (χ0n) is 17.2. The van der Waals surface area contributed by atoms with Gasteiger partial charge in [0.1, 0.15) is 6.10 Å². The van der Waals surface area contributed by atoms with E-state index in [0.717, 1.165) is 44.1 Å². The van der Waals surface area contributed by atoms with Crippen molar-refractivity contribution in [2.45, 2.75) is 71.8 Å². The smallest absolute Gasteiger partial charge is 0.302 e. The molecule has 5 aliphatic carbocycles. The van der Waals surface area contributed by atoms with Crippen LogP contribution in [0.15, 0.2) is 23.0 Å². The van der Waals surface area contributed by atoms with Gasteiger partial charge in [-0.3, -0.25) is 9.59 Å². The van der Waals surface area contributed by atoms with Crippen molar-refractivity contribution in [1.29, 1.82) is 0 Å². The normalized spacial score (nSPS) is 50.3. The van der Waals surface area contributed by atoms with Gasteiger partial charge in [0.2, 0.25) is 0 Å². The molecule has 0 aliphatic heterocycles. The Morgan fingerprint density at radius 2 is 1.96 bits per heavy atom. The van der Waals surface area contributed by atoms with Crippen molar-refractivity contribution < 1.29 is 19.4 Å². The van der Waals surface area contributed by atoms with E-state index >= 15 is 0 Å². The topological polar surface area (TPSA) is 63.6 Å². The van der Waals surface area contributed by atoms with Crippen LogP contribution in [-0.2, 0) is 14.3 Å². The van der Waals surface area contributed by atoms with Crippen LogP contribution in [0.4, 0.5) is 0 Å². The molecule has 0 radical (unpaired) electrons. The molecule has 0 aromatic heterocycles. The number of aliphatic hydroxyl groups excluding tert-OH is 1. The largest absolute Gasteiger partial charge is 0.505 e. The van der Waals surface area contributed by atoms with Gasteiger partial charge >= 0.3 is 5.97 Å². The summed E-state index contributed by atoms with van der Waals surface area (Å²) in [5.74, 6) is 2.86. The van der Waals surface area contributed by atoms with E-state index < -0.39 is 0 Å². The van der Waals surface area contributed by atoms with Crippen LogP contribution in [0.25, 0.3) is 0 Å². The van der Waals surface area contributed by atoms with Crippen LogP contribution in [0, 0.1) is 40.4 Å². The fraction of sp³-hybridized carbons (Fsp3) is 0.750. The van der Waals surface area contributed by atoms with E-state index in [2.05, 4.69) is 19.9 Å². The average molecular weight is 385 g/mol. The third-order valence-corrected chi connectivity index (χ3v) is 9.32. The number of allylic oxidation sites excluding steroid dienone is 3. The van der Waals surface area contributed by atoms with E-state index in [1.54, 1.807) is 0 Å². The standard InChI is InChI=1S/C24H32O4/c1-13(26)28-15-6-8-23(2)14(10-15)4-5-16-19(23)7-9-24(3)21(16)17-11-18(17)22(24)20(27)12-25/h4,12,15-19,21,27H,5-11H2,1-3H3/t15-,16+,17-,18+,19-,21+,23-,24-/m0/s1. The number of aldehydes is 1. The van der Waals surface area contributed by atoms with Crippen molar-refractivity contribution in [2.24, 2.45) is 40.4 Å². The molecule has 0 saturated heterocycles. The number of hydrogen-bond donors (Lipinski definition) is 1. The molecule has 4 saturated carbocycles. The minimum atomic E-state index is -0.170. The lowest BCUT2D eigenvalue weighted by Gasteiger charge is -2.58. The SMILES string of the molecule is CC(=O)O[C@H]1CC[C@@]2(C)C(=CC[C@H]3[C@@H]4[C@H]5C[C@H]5C(=C(O)C=O)[C@@]4(C)CC[C@@H]32)C1. The summed E-state index contributed by atoms with van der Waals surface area (Å²) in [6, 6.07) is 0. The molecule has 5 rings (SSSR count). The first-order valence-corrected chi connectivity index (χ1v) is 11.0. The van der Waals surface area contributed by atoms with Gasteiger partial charge in [-0.2, -0.15) is 0 Å². The molecule has 4 fully saturated rings. The zero-order valence-corrected chi connectivity index (χ0v) is 17.2. The summed E-state index contributed by atoms with van der Waals surface area (Å²) in [5.41, 5.74) is 2.79. The summed E-state index contributed by atoms with van der Waals surface area (Å²) in [6.45, 7) is 6.27. The highest BCUT2D eigenvalue weighted by Crippen LogP contribution is 2.75. The number of carbonyl (C=O) groups is 2.